The highest BCUT2D eigenvalue weighted by Crippen LogP contribution is 2.17. The molecular weight excluding hydrogens is 252 g/mol. The van der Waals surface area contributed by atoms with Crippen molar-refractivity contribution < 1.29 is 14.8 Å². The maximum absolute atomic E-state index is 11.1. The van der Waals surface area contributed by atoms with Gasteiger partial charge in [-0.1, -0.05) is 20.3 Å². The van der Waals surface area contributed by atoms with Crippen molar-refractivity contribution in [1.29, 1.82) is 0 Å². The SMILES string of the molecule is CC[C@H](C)[C@H](Nc1ncc([N+](=O)[O-])c(C)n1)C(=O)O. The summed E-state index contributed by atoms with van der Waals surface area (Å²) in [5.41, 5.74) is -0.00300. The van der Waals surface area contributed by atoms with Crippen molar-refractivity contribution in [3.8, 4) is 0 Å². The van der Waals surface area contributed by atoms with E-state index in [1.165, 1.54) is 6.92 Å². The average molecular weight is 268 g/mol. The summed E-state index contributed by atoms with van der Waals surface area (Å²) in [4.78, 5) is 28.9. The van der Waals surface area contributed by atoms with Gasteiger partial charge in [0, 0.05) is 0 Å². The minimum absolute atomic E-state index is 0.0794. The quantitative estimate of drug-likeness (QED) is 0.594. The van der Waals surface area contributed by atoms with Crippen LogP contribution in [0.5, 0.6) is 0 Å². The molecule has 0 amide bonds. The maximum atomic E-state index is 11.1. The molecule has 1 aromatic heterocycles. The largest absolute Gasteiger partial charge is 0.480 e. The second-order valence-corrected chi connectivity index (χ2v) is 4.27. The highest BCUT2D eigenvalue weighted by Gasteiger charge is 2.24. The summed E-state index contributed by atoms with van der Waals surface area (Å²) >= 11 is 0. The molecule has 0 saturated heterocycles. The summed E-state index contributed by atoms with van der Waals surface area (Å²) in [7, 11) is 0. The molecule has 0 spiro atoms. The van der Waals surface area contributed by atoms with Gasteiger partial charge in [0.2, 0.25) is 5.95 Å². The third kappa shape index (κ3) is 3.60. The van der Waals surface area contributed by atoms with Crippen LogP contribution >= 0.6 is 0 Å². The molecule has 104 valence electrons. The van der Waals surface area contributed by atoms with E-state index in [4.69, 9.17) is 5.11 Å². The van der Waals surface area contributed by atoms with Gasteiger partial charge in [-0.25, -0.2) is 14.8 Å². The highest BCUT2D eigenvalue weighted by atomic mass is 16.6. The van der Waals surface area contributed by atoms with Crippen LogP contribution < -0.4 is 5.32 Å². The Labute approximate surface area is 110 Å². The Hall–Kier alpha value is -2.25. The van der Waals surface area contributed by atoms with Gasteiger partial charge in [-0.15, -0.1) is 0 Å². The number of rotatable bonds is 6. The van der Waals surface area contributed by atoms with Crippen molar-refractivity contribution in [2.24, 2.45) is 5.92 Å². The molecule has 8 heteroatoms. The van der Waals surface area contributed by atoms with Gasteiger partial charge in [-0.2, -0.15) is 0 Å². The van der Waals surface area contributed by atoms with Crippen LogP contribution in [-0.2, 0) is 4.79 Å². The predicted molar refractivity (Wildman–Crippen MR) is 67.9 cm³/mol. The Morgan fingerprint density at radius 2 is 2.26 bits per heavy atom. The number of hydrogen-bond donors (Lipinski definition) is 2. The number of hydrogen-bond acceptors (Lipinski definition) is 6. The number of nitrogens with one attached hydrogen (secondary N) is 1. The molecule has 0 unspecified atom stereocenters. The third-order valence-corrected chi connectivity index (χ3v) is 2.91. The van der Waals surface area contributed by atoms with Crippen molar-refractivity contribution in [1.82, 2.24) is 9.97 Å². The van der Waals surface area contributed by atoms with Crippen molar-refractivity contribution in [2.75, 3.05) is 5.32 Å². The van der Waals surface area contributed by atoms with Gasteiger partial charge in [0.15, 0.2) is 0 Å². The van der Waals surface area contributed by atoms with E-state index in [-0.39, 0.29) is 23.2 Å². The van der Waals surface area contributed by atoms with Gasteiger partial charge in [0.1, 0.15) is 17.9 Å². The molecule has 19 heavy (non-hydrogen) atoms. The summed E-state index contributed by atoms with van der Waals surface area (Å²) in [6.45, 7) is 5.15. The molecule has 0 radical (unpaired) electrons. The predicted octanol–water partition coefficient (Wildman–Crippen LogP) is 1.60. The van der Waals surface area contributed by atoms with Gasteiger partial charge in [-0.3, -0.25) is 10.1 Å². The summed E-state index contributed by atoms with van der Waals surface area (Å²) < 4.78 is 0. The molecule has 0 aliphatic heterocycles. The second kappa shape index (κ2) is 6.07. The Bertz CT molecular complexity index is 492. The van der Waals surface area contributed by atoms with Gasteiger partial charge in [-0.05, 0) is 12.8 Å². The number of aryl methyl sites for hydroxylation is 1. The Morgan fingerprint density at radius 1 is 1.63 bits per heavy atom. The molecule has 0 fully saturated rings. The van der Waals surface area contributed by atoms with Crippen LogP contribution in [0.15, 0.2) is 6.20 Å². The summed E-state index contributed by atoms with van der Waals surface area (Å²) in [6, 6.07) is -0.828. The van der Waals surface area contributed by atoms with Crippen LogP contribution in [0, 0.1) is 23.0 Å². The maximum Gasteiger partial charge on any atom is 0.326 e. The van der Waals surface area contributed by atoms with E-state index in [2.05, 4.69) is 15.3 Å². The number of carboxylic acid groups (broad SMARTS) is 1. The zero-order chi connectivity index (χ0) is 14.6. The summed E-state index contributed by atoms with van der Waals surface area (Å²) in [5.74, 6) is -1.04. The fraction of sp³-hybridized carbons (Fsp3) is 0.545. The highest BCUT2D eigenvalue weighted by molar-refractivity contribution is 5.76. The first-order valence-corrected chi connectivity index (χ1v) is 5.84. The summed E-state index contributed by atoms with van der Waals surface area (Å²) in [5, 5.41) is 22.4. The number of anilines is 1. The van der Waals surface area contributed by atoms with E-state index in [0.29, 0.717) is 6.42 Å². The molecular formula is C11H16N4O4. The van der Waals surface area contributed by atoms with E-state index >= 15 is 0 Å². The van der Waals surface area contributed by atoms with E-state index in [1.807, 2.05) is 6.92 Å². The molecule has 0 aromatic carbocycles. The third-order valence-electron chi connectivity index (χ3n) is 2.91. The first-order chi connectivity index (χ1) is 8.86. The fourth-order valence-corrected chi connectivity index (χ4v) is 1.53. The molecule has 0 bridgehead atoms. The Kier molecular flexibility index (Phi) is 4.74. The van der Waals surface area contributed by atoms with E-state index in [9.17, 15) is 14.9 Å². The normalized spacial score (nSPS) is 13.6. The minimum Gasteiger partial charge on any atom is -0.480 e. The fourth-order valence-electron chi connectivity index (χ4n) is 1.53. The van der Waals surface area contributed by atoms with E-state index in [1.54, 1.807) is 6.92 Å². The minimum atomic E-state index is -1.01. The van der Waals surface area contributed by atoms with Crippen LogP contribution in [0.2, 0.25) is 0 Å². The number of carbonyl (C=O) groups is 1. The standard InChI is InChI=1S/C11H16N4O4/c1-4-6(2)9(10(16)17)14-11-12-5-8(15(18)19)7(3)13-11/h5-6,9H,4H2,1-3H3,(H,16,17)(H,12,13,14)/t6-,9-/m0/s1. The van der Waals surface area contributed by atoms with E-state index in [0.717, 1.165) is 6.20 Å². The number of nitrogens with zero attached hydrogens (tertiary/aromatic N) is 3. The molecule has 0 aliphatic carbocycles. The summed E-state index contributed by atoms with van der Waals surface area (Å²) in [6.07, 6.45) is 1.75. The Morgan fingerprint density at radius 3 is 2.68 bits per heavy atom. The van der Waals surface area contributed by atoms with E-state index < -0.39 is 16.9 Å². The van der Waals surface area contributed by atoms with Gasteiger partial charge in [0.05, 0.1) is 4.92 Å². The lowest BCUT2D eigenvalue weighted by atomic mass is 9.99. The zero-order valence-electron chi connectivity index (χ0n) is 11.0. The molecule has 1 heterocycles. The van der Waals surface area contributed by atoms with Crippen molar-refractivity contribution in [2.45, 2.75) is 33.2 Å². The van der Waals surface area contributed by atoms with Crippen molar-refractivity contribution >= 4 is 17.6 Å². The monoisotopic (exact) mass is 268 g/mol. The van der Waals surface area contributed by atoms with Crippen LogP contribution in [0.4, 0.5) is 11.6 Å². The molecule has 1 rings (SSSR count). The molecule has 2 atom stereocenters. The Balaban J connectivity index is 2.95. The van der Waals surface area contributed by atoms with Gasteiger partial charge < -0.3 is 10.4 Å². The lowest BCUT2D eigenvalue weighted by Gasteiger charge is -2.19. The van der Waals surface area contributed by atoms with Gasteiger partial charge in [0.25, 0.3) is 0 Å². The lowest BCUT2D eigenvalue weighted by molar-refractivity contribution is -0.386. The second-order valence-electron chi connectivity index (χ2n) is 4.27. The number of aromatic nitrogens is 2. The molecule has 1 aromatic rings. The molecule has 0 saturated carbocycles. The topological polar surface area (TPSA) is 118 Å². The first-order valence-electron chi connectivity index (χ1n) is 5.84. The van der Waals surface area contributed by atoms with Crippen LogP contribution in [0.1, 0.15) is 26.0 Å². The number of carboxylic acids is 1. The molecule has 0 aliphatic rings. The number of nitro groups is 1. The lowest BCUT2D eigenvalue weighted by Crippen LogP contribution is -2.36. The van der Waals surface area contributed by atoms with Crippen LogP contribution in [0.25, 0.3) is 0 Å². The zero-order valence-corrected chi connectivity index (χ0v) is 11.0. The average Bonchev–Trinajstić information content (AvgIpc) is 2.34. The first kappa shape index (κ1) is 14.8. The molecule has 2 N–H and O–H groups in total. The number of aliphatic carboxylic acids is 1. The smallest absolute Gasteiger partial charge is 0.326 e. The van der Waals surface area contributed by atoms with Crippen LogP contribution in [-0.4, -0.2) is 32.0 Å². The van der Waals surface area contributed by atoms with Crippen LogP contribution in [0.3, 0.4) is 0 Å². The van der Waals surface area contributed by atoms with Crippen molar-refractivity contribution in [3.63, 3.8) is 0 Å². The van der Waals surface area contributed by atoms with Crippen molar-refractivity contribution in [3.05, 3.63) is 22.0 Å². The molecule has 8 nitrogen and oxygen atoms in total. The van der Waals surface area contributed by atoms with Gasteiger partial charge >= 0.3 is 11.7 Å².